The number of benzene rings is 1. The van der Waals surface area contributed by atoms with Crippen LogP contribution in [0.3, 0.4) is 0 Å². The second kappa shape index (κ2) is 7.08. The van der Waals surface area contributed by atoms with Gasteiger partial charge in [-0.1, -0.05) is 25.1 Å². The minimum atomic E-state index is 0.210. The summed E-state index contributed by atoms with van der Waals surface area (Å²) < 4.78 is 0. The number of carbonyl (C=O) groups excluding carboxylic acids is 1. The van der Waals surface area contributed by atoms with Crippen molar-refractivity contribution in [2.75, 3.05) is 20.1 Å². The standard InChI is InChI=1S/C18H28N2O/c1-13-5-8-18(21)20(10-9-13)12-17(19-4)16-7-6-14(2)15(3)11-16/h6-7,11,13,17,19H,5,8-10,12H2,1-4H3. The van der Waals surface area contributed by atoms with Gasteiger partial charge in [0, 0.05) is 25.6 Å². The molecular weight excluding hydrogens is 260 g/mol. The summed E-state index contributed by atoms with van der Waals surface area (Å²) in [7, 11) is 1.98. The molecule has 1 aromatic rings. The number of nitrogens with one attached hydrogen (secondary N) is 1. The molecule has 2 atom stereocenters. The van der Waals surface area contributed by atoms with E-state index in [1.807, 2.05) is 11.9 Å². The maximum Gasteiger partial charge on any atom is 0.222 e. The summed E-state index contributed by atoms with van der Waals surface area (Å²) in [6.45, 7) is 8.18. The van der Waals surface area contributed by atoms with Crippen molar-refractivity contribution in [2.45, 2.75) is 46.1 Å². The Bertz CT molecular complexity index is 498. The van der Waals surface area contributed by atoms with Gasteiger partial charge in [-0.05, 0) is 56.3 Å². The molecule has 1 amide bonds. The summed E-state index contributed by atoms with van der Waals surface area (Å²) in [5.74, 6) is 0.969. The molecule has 0 bridgehead atoms. The predicted octanol–water partition coefficient (Wildman–Crippen LogP) is 3.21. The highest BCUT2D eigenvalue weighted by atomic mass is 16.2. The molecule has 2 unspecified atom stereocenters. The normalized spacial score (nSPS) is 21.2. The zero-order chi connectivity index (χ0) is 15.4. The van der Waals surface area contributed by atoms with Crippen LogP contribution in [0.5, 0.6) is 0 Å². The van der Waals surface area contributed by atoms with Crippen LogP contribution < -0.4 is 5.32 Å². The van der Waals surface area contributed by atoms with Crippen molar-refractivity contribution in [1.82, 2.24) is 10.2 Å². The van der Waals surface area contributed by atoms with Crippen molar-refractivity contribution in [3.63, 3.8) is 0 Å². The molecule has 0 aromatic heterocycles. The Kier molecular flexibility index (Phi) is 5.40. The number of likely N-dealkylation sites (N-methyl/N-ethyl adjacent to an activating group) is 1. The van der Waals surface area contributed by atoms with Gasteiger partial charge in [0.25, 0.3) is 0 Å². The molecule has 3 heteroatoms. The summed E-state index contributed by atoms with van der Waals surface area (Å²) in [4.78, 5) is 14.3. The molecule has 0 aliphatic carbocycles. The van der Waals surface area contributed by atoms with E-state index in [-0.39, 0.29) is 6.04 Å². The molecule has 21 heavy (non-hydrogen) atoms. The molecule has 0 radical (unpaired) electrons. The topological polar surface area (TPSA) is 32.3 Å². The molecule has 116 valence electrons. The SMILES string of the molecule is CNC(CN1CCC(C)CCC1=O)c1ccc(C)c(C)c1. The first-order valence-electron chi connectivity index (χ1n) is 8.03. The third-order valence-electron chi connectivity index (χ3n) is 4.78. The van der Waals surface area contributed by atoms with Gasteiger partial charge in [0.15, 0.2) is 0 Å². The highest BCUT2D eigenvalue weighted by Crippen LogP contribution is 2.22. The number of carbonyl (C=O) groups is 1. The Hall–Kier alpha value is -1.35. The monoisotopic (exact) mass is 288 g/mol. The zero-order valence-corrected chi connectivity index (χ0v) is 13.8. The van der Waals surface area contributed by atoms with E-state index in [1.165, 1.54) is 16.7 Å². The maximum atomic E-state index is 12.3. The average Bonchev–Trinajstić information content (AvgIpc) is 2.62. The van der Waals surface area contributed by atoms with Crippen LogP contribution >= 0.6 is 0 Å². The molecule has 0 saturated carbocycles. The minimum absolute atomic E-state index is 0.210. The molecule has 0 spiro atoms. The fourth-order valence-corrected chi connectivity index (χ4v) is 2.93. The van der Waals surface area contributed by atoms with Gasteiger partial charge in [-0.25, -0.2) is 0 Å². The van der Waals surface area contributed by atoms with Gasteiger partial charge in [-0.15, -0.1) is 0 Å². The van der Waals surface area contributed by atoms with Gasteiger partial charge in [0.1, 0.15) is 0 Å². The Balaban J connectivity index is 2.10. The van der Waals surface area contributed by atoms with Crippen LogP contribution in [0.1, 0.15) is 48.9 Å². The highest BCUT2D eigenvalue weighted by molar-refractivity contribution is 5.76. The van der Waals surface area contributed by atoms with Gasteiger partial charge >= 0.3 is 0 Å². The van der Waals surface area contributed by atoms with Crippen LogP contribution in [0, 0.1) is 19.8 Å². The number of rotatable bonds is 4. The Morgan fingerprint density at radius 3 is 2.71 bits per heavy atom. The van der Waals surface area contributed by atoms with E-state index in [4.69, 9.17) is 0 Å². The van der Waals surface area contributed by atoms with E-state index in [1.54, 1.807) is 0 Å². The second-order valence-corrected chi connectivity index (χ2v) is 6.46. The fraction of sp³-hybridized carbons (Fsp3) is 0.611. The summed E-state index contributed by atoms with van der Waals surface area (Å²) in [6, 6.07) is 6.79. The van der Waals surface area contributed by atoms with Crippen LogP contribution in [-0.2, 0) is 4.79 Å². The third kappa shape index (κ3) is 4.07. The third-order valence-corrected chi connectivity index (χ3v) is 4.78. The van der Waals surface area contributed by atoms with Crippen molar-refractivity contribution in [3.8, 4) is 0 Å². The largest absolute Gasteiger partial charge is 0.341 e. The van der Waals surface area contributed by atoms with Crippen molar-refractivity contribution in [1.29, 1.82) is 0 Å². The maximum absolute atomic E-state index is 12.3. The molecule has 2 rings (SSSR count). The summed E-state index contributed by atoms with van der Waals surface area (Å²) >= 11 is 0. The lowest BCUT2D eigenvalue weighted by Gasteiger charge is -2.27. The van der Waals surface area contributed by atoms with Crippen LogP contribution in [0.4, 0.5) is 0 Å². The second-order valence-electron chi connectivity index (χ2n) is 6.46. The van der Waals surface area contributed by atoms with Gasteiger partial charge in [0.2, 0.25) is 5.91 Å². The summed E-state index contributed by atoms with van der Waals surface area (Å²) in [5, 5.41) is 3.37. The van der Waals surface area contributed by atoms with Crippen LogP contribution in [0.25, 0.3) is 0 Å². The molecule has 1 N–H and O–H groups in total. The number of amides is 1. The van der Waals surface area contributed by atoms with Crippen LogP contribution in [0.15, 0.2) is 18.2 Å². The Morgan fingerprint density at radius 2 is 2.05 bits per heavy atom. The highest BCUT2D eigenvalue weighted by Gasteiger charge is 2.23. The summed E-state index contributed by atoms with van der Waals surface area (Å²) in [5.41, 5.74) is 3.89. The quantitative estimate of drug-likeness (QED) is 0.922. The molecule has 3 nitrogen and oxygen atoms in total. The van der Waals surface area contributed by atoms with E-state index in [0.29, 0.717) is 18.2 Å². The first-order chi connectivity index (χ1) is 10.0. The van der Waals surface area contributed by atoms with E-state index < -0.39 is 0 Å². The van der Waals surface area contributed by atoms with Crippen LogP contribution in [0.2, 0.25) is 0 Å². The first kappa shape index (κ1) is 16.0. The van der Waals surface area contributed by atoms with E-state index in [0.717, 1.165) is 25.9 Å². The first-order valence-corrected chi connectivity index (χ1v) is 8.03. The zero-order valence-electron chi connectivity index (χ0n) is 13.8. The predicted molar refractivity (Wildman–Crippen MR) is 87.3 cm³/mol. The van der Waals surface area contributed by atoms with Gasteiger partial charge < -0.3 is 10.2 Å². The molecule has 1 aromatic carbocycles. The summed E-state index contributed by atoms with van der Waals surface area (Å²) in [6.07, 6.45) is 2.85. The van der Waals surface area contributed by atoms with Gasteiger partial charge in [0.05, 0.1) is 0 Å². The molecule has 1 aliphatic heterocycles. The van der Waals surface area contributed by atoms with Crippen molar-refractivity contribution in [2.24, 2.45) is 5.92 Å². The molecular formula is C18H28N2O. The minimum Gasteiger partial charge on any atom is -0.341 e. The lowest BCUT2D eigenvalue weighted by atomic mass is 10.0. The Labute approximate surface area is 128 Å². The average molecular weight is 288 g/mol. The number of hydrogen-bond acceptors (Lipinski definition) is 2. The lowest BCUT2D eigenvalue weighted by molar-refractivity contribution is -0.131. The number of nitrogens with zero attached hydrogens (tertiary/aromatic N) is 1. The molecule has 1 saturated heterocycles. The molecule has 1 fully saturated rings. The Morgan fingerprint density at radius 1 is 1.29 bits per heavy atom. The number of hydrogen-bond donors (Lipinski definition) is 1. The lowest BCUT2D eigenvalue weighted by Crippen LogP contribution is -2.38. The van der Waals surface area contributed by atoms with E-state index in [2.05, 4.69) is 44.3 Å². The fourth-order valence-electron chi connectivity index (χ4n) is 2.93. The van der Waals surface area contributed by atoms with Crippen molar-refractivity contribution in [3.05, 3.63) is 34.9 Å². The van der Waals surface area contributed by atoms with Gasteiger partial charge in [-0.3, -0.25) is 4.79 Å². The van der Waals surface area contributed by atoms with E-state index >= 15 is 0 Å². The van der Waals surface area contributed by atoms with Crippen LogP contribution in [-0.4, -0.2) is 30.9 Å². The van der Waals surface area contributed by atoms with Gasteiger partial charge in [-0.2, -0.15) is 0 Å². The smallest absolute Gasteiger partial charge is 0.222 e. The number of aryl methyl sites for hydroxylation is 2. The van der Waals surface area contributed by atoms with E-state index in [9.17, 15) is 4.79 Å². The number of likely N-dealkylation sites (tertiary alicyclic amines) is 1. The van der Waals surface area contributed by atoms with Crippen molar-refractivity contribution >= 4 is 5.91 Å². The molecule has 1 aliphatic rings. The molecule has 1 heterocycles. The van der Waals surface area contributed by atoms with Crippen molar-refractivity contribution < 1.29 is 4.79 Å².